The predicted molar refractivity (Wildman–Crippen MR) is 148 cm³/mol. The Labute approximate surface area is 254 Å². The van der Waals surface area contributed by atoms with Crippen molar-refractivity contribution >= 4 is 0 Å². The van der Waals surface area contributed by atoms with Crippen LogP contribution in [0.25, 0.3) is 0 Å². The first-order valence-electron chi connectivity index (χ1n) is 14.3. The lowest BCUT2D eigenvalue weighted by atomic mass is 9.97. The molecule has 0 aromatic carbocycles. The van der Waals surface area contributed by atoms with Gasteiger partial charge >= 0.3 is 0 Å². The molecule has 0 aromatic heterocycles. The van der Waals surface area contributed by atoms with E-state index in [0.29, 0.717) is 0 Å². The zero-order valence-electron chi connectivity index (χ0n) is 27.2. The Balaban J connectivity index is 1.76. The average Bonchev–Trinajstić information content (AvgIpc) is 3.03. The molecule has 3 rings (SSSR count). The van der Waals surface area contributed by atoms with Crippen molar-refractivity contribution in [2.24, 2.45) is 0 Å². The van der Waals surface area contributed by atoms with Crippen LogP contribution in [-0.2, 0) is 71.1 Å². The van der Waals surface area contributed by atoms with Crippen molar-refractivity contribution in [1.29, 1.82) is 0 Å². The summed E-state index contributed by atoms with van der Waals surface area (Å²) in [6.45, 7) is 2.01. The Morgan fingerprint density at radius 2 is 0.674 bits per heavy atom. The Morgan fingerprint density at radius 1 is 0.349 bits per heavy atom. The van der Waals surface area contributed by atoms with Gasteiger partial charge in [-0.25, -0.2) is 0 Å². The van der Waals surface area contributed by atoms with E-state index in [9.17, 15) is 0 Å². The third kappa shape index (κ3) is 8.04. The SMILES string of the molecule is COC1[C@H](OC[C@H]2O[C@@H](OC[C@H]3O[C@@H](OC)C(OC)[C@H](OC)[C@@H]3OC)C(OC)[C@H](OC)[C@@H]2OC)O[C@H](C)[C@@H](OC)[C@H]1OC. The monoisotopic (exact) mass is 628 g/mol. The Morgan fingerprint density at radius 3 is 1.05 bits per heavy atom. The van der Waals surface area contributed by atoms with Gasteiger partial charge in [-0.15, -0.1) is 0 Å². The van der Waals surface area contributed by atoms with Crippen LogP contribution in [0.3, 0.4) is 0 Å². The summed E-state index contributed by atoms with van der Waals surface area (Å²) < 4.78 is 88.2. The van der Waals surface area contributed by atoms with Gasteiger partial charge in [0, 0.05) is 71.1 Å². The second-order valence-corrected chi connectivity index (χ2v) is 10.5. The molecule has 3 unspecified atom stereocenters. The highest BCUT2D eigenvalue weighted by Crippen LogP contribution is 2.33. The summed E-state index contributed by atoms with van der Waals surface area (Å²) in [5.41, 5.74) is 0. The van der Waals surface area contributed by atoms with E-state index in [2.05, 4.69) is 0 Å². The van der Waals surface area contributed by atoms with Crippen molar-refractivity contribution < 1.29 is 71.1 Å². The van der Waals surface area contributed by atoms with Gasteiger partial charge in [0.05, 0.1) is 19.3 Å². The summed E-state index contributed by atoms with van der Waals surface area (Å²) in [5.74, 6) is 0. The van der Waals surface area contributed by atoms with Crippen molar-refractivity contribution in [3.05, 3.63) is 0 Å². The van der Waals surface area contributed by atoms with E-state index < -0.39 is 79.9 Å². The van der Waals surface area contributed by atoms with Crippen LogP contribution in [0.2, 0.25) is 0 Å². The van der Waals surface area contributed by atoms with Crippen molar-refractivity contribution in [2.75, 3.05) is 84.3 Å². The third-order valence-corrected chi connectivity index (χ3v) is 8.44. The normalized spacial score (nSPS) is 44.0. The second kappa shape index (κ2) is 17.9. The molecule has 3 aliphatic rings. The maximum absolute atomic E-state index is 6.40. The average molecular weight is 629 g/mol. The van der Waals surface area contributed by atoms with Crippen molar-refractivity contribution in [3.8, 4) is 0 Å². The molecule has 254 valence electrons. The van der Waals surface area contributed by atoms with Crippen molar-refractivity contribution in [3.63, 3.8) is 0 Å². The fourth-order valence-corrected chi connectivity index (χ4v) is 6.28. The number of ether oxygens (including phenoxy) is 15. The minimum absolute atomic E-state index is 0.0593. The molecule has 0 radical (unpaired) electrons. The van der Waals surface area contributed by atoms with E-state index in [1.165, 1.54) is 7.11 Å². The number of hydrogen-bond donors (Lipinski definition) is 0. The molecule has 0 aromatic rings. The molecule has 43 heavy (non-hydrogen) atoms. The van der Waals surface area contributed by atoms with Gasteiger partial charge in [0.2, 0.25) is 0 Å². The maximum Gasteiger partial charge on any atom is 0.187 e. The molecule has 15 nitrogen and oxygen atoms in total. The summed E-state index contributed by atoms with van der Waals surface area (Å²) in [5, 5.41) is 0. The molecular formula is C28H52O15. The molecule has 0 bridgehead atoms. The largest absolute Gasteiger partial charge is 0.376 e. The van der Waals surface area contributed by atoms with E-state index in [0.717, 1.165) is 0 Å². The van der Waals surface area contributed by atoms with Gasteiger partial charge in [0.25, 0.3) is 0 Å². The highest BCUT2D eigenvalue weighted by Gasteiger charge is 2.52. The summed E-state index contributed by atoms with van der Waals surface area (Å²) in [6.07, 6.45) is -8.43. The molecule has 0 saturated carbocycles. The zero-order valence-corrected chi connectivity index (χ0v) is 27.2. The lowest BCUT2D eigenvalue weighted by Crippen LogP contribution is -2.64. The van der Waals surface area contributed by atoms with Gasteiger partial charge in [-0.2, -0.15) is 0 Å². The standard InChI is InChI=1S/C28H52O15/c1-14-17(29-2)20(32-5)24(36-9)27(41-14)39-13-16-19(31-4)22(34-7)25(37-10)28(43-16)40-12-15-18(30-3)21(33-6)23(35-8)26(38-11)42-15/h14-28H,12-13H2,1-11H3/t14-,15-,16-,17-,18-,19-,20-,21-,22-,23?,24?,25?,26-,27-,28-/m1/s1. The second-order valence-electron chi connectivity index (χ2n) is 10.5. The van der Waals surface area contributed by atoms with Gasteiger partial charge in [-0.3, -0.25) is 0 Å². The molecule has 3 saturated heterocycles. The molecule has 3 heterocycles. The highest BCUT2D eigenvalue weighted by atomic mass is 16.8. The Hall–Kier alpha value is -0.600. The molecule has 0 spiro atoms. The summed E-state index contributed by atoms with van der Waals surface area (Å²) >= 11 is 0. The predicted octanol–water partition coefficient (Wildman–Crippen LogP) is -0.00440. The summed E-state index contributed by atoms with van der Waals surface area (Å²) in [4.78, 5) is 0. The summed E-state index contributed by atoms with van der Waals surface area (Å²) in [6, 6.07) is 0. The van der Waals surface area contributed by atoms with Crippen LogP contribution in [0.4, 0.5) is 0 Å². The topological polar surface area (TPSA) is 138 Å². The van der Waals surface area contributed by atoms with Crippen molar-refractivity contribution in [1.82, 2.24) is 0 Å². The van der Waals surface area contributed by atoms with E-state index in [-0.39, 0.29) is 25.4 Å². The minimum Gasteiger partial charge on any atom is -0.376 e. The number of methoxy groups -OCH3 is 10. The van der Waals surface area contributed by atoms with Crippen LogP contribution in [0.15, 0.2) is 0 Å². The quantitative estimate of drug-likeness (QED) is 0.226. The Bertz CT molecular complexity index is 778. The van der Waals surface area contributed by atoms with Crippen LogP contribution >= 0.6 is 0 Å². The minimum atomic E-state index is -0.882. The smallest absolute Gasteiger partial charge is 0.187 e. The first-order valence-corrected chi connectivity index (χ1v) is 14.3. The molecule has 0 amide bonds. The first kappa shape index (κ1) is 36.9. The molecule has 0 N–H and O–H groups in total. The maximum atomic E-state index is 6.40. The van der Waals surface area contributed by atoms with Crippen molar-refractivity contribution in [2.45, 2.75) is 99.0 Å². The van der Waals surface area contributed by atoms with Crippen LogP contribution in [0.5, 0.6) is 0 Å². The lowest BCUT2D eigenvalue weighted by Gasteiger charge is -2.47. The van der Waals surface area contributed by atoms with Gasteiger partial charge < -0.3 is 71.1 Å². The number of rotatable bonds is 16. The van der Waals surface area contributed by atoms with Crippen LogP contribution in [0.1, 0.15) is 6.92 Å². The first-order chi connectivity index (χ1) is 20.8. The van der Waals surface area contributed by atoms with Crippen LogP contribution < -0.4 is 0 Å². The Kier molecular flexibility index (Phi) is 15.4. The molecule has 15 heteroatoms. The highest BCUT2D eigenvalue weighted by molar-refractivity contribution is 4.96. The zero-order chi connectivity index (χ0) is 31.7. The van der Waals surface area contributed by atoms with Crippen LogP contribution in [-0.4, -0.2) is 176 Å². The van der Waals surface area contributed by atoms with Gasteiger partial charge in [0.1, 0.15) is 67.1 Å². The van der Waals surface area contributed by atoms with E-state index >= 15 is 0 Å². The van der Waals surface area contributed by atoms with Crippen LogP contribution in [0, 0.1) is 0 Å². The molecule has 15 atom stereocenters. The third-order valence-electron chi connectivity index (χ3n) is 8.44. The fraction of sp³-hybridized carbons (Fsp3) is 1.00. The number of hydrogen-bond acceptors (Lipinski definition) is 15. The molecule has 3 aliphatic heterocycles. The van der Waals surface area contributed by atoms with E-state index in [4.69, 9.17) is 71.1 Å². The van der Waals surface area contributed by atoms with Gasteiger partial charge in [-0.1, -0.05) is 0 Å². The summed E-state index contributed by atoms with van der Waals surface area (Å²) in [7, 11) is 15.7. The fourth-order valence-electron chi connectivity index (χ4n) is 6.28. The molecule has 0 aliphatic carbocycles. The van der Waals surface area contributed by atoms with E-state index in [1.54, 1.807) is 64.0 Å². The molecular weight excluding hydrogens is 576 g/mol. The van der Waals surface area contributed by atoms with Gasteiger partial charge in [-0.05, 0) is 6.92 Å². The lowest BCUT2D eigenvalue weighted by molar-refractivity contribution is -0.348. The van der Waals surface area contributed by atoms with E-state index in [1.807, 2.05) is 6.92 Å². The molecule has 3 fully saturated rings. The van der Waals surface area contributed by atoms with Gasteiger partial charge in [0.15, 0.2) is 18.9 Å².